The molecule has 0 saturated heterocycles. The van der Waals surface area contributed by atoms with Gasteiger partial charge in [-0.05, 0) is 42.7 Å². The average Bonchev–Trinajstić information content (AvgIpc) is 2.74. The summed E-state index contributed by atoms with van der Waals surface area (Å²) in [5.41, 5.74) is 1.68. The molecule has 0 aliphatic carbocycles. The number of amides is 1. The van der Waals surface area contributed by atoms with E-state index in [4.69, 9.17) is 0 Å². The summed E-state index contributed by atoms with van der Waals surface area (Å²) < 4.78 is 38.1. The number of carbonyl (C=O) groups excluding carboxylic acids is 1. The third kappa shape index (κ3) is 5.24. The standard InChI is InChI=1S/C23H21F3N2O2/c1-16-7-10-19(11-8-16)28(22(30)21(29)18-5-3-2-4-6-18)14-13-17-9-12-20(27-15-17)23(24,25)26/h2-12,15,21,29H,13-14H2,1H3/t21-/m1/s1. The Hall–Kier alpha value is -3.19. The molecule has 0 aliphatic heterocycles. The zero-order valence-electron chi connectivity index (χ0n) is 16.3. The molecule has 0 unspecified atom stereocenters. The molecule has 0 aliphatic rings. The largest absolute Gasteiger partial charge is 0.433 e. The van der Waals surface area contributed by atoms with E-state index in [1.165, 1.54) is 11.0 Å². The van der Waals surface area contributed by atoms with Crippen molar-refractivity contribution >= 4 is 11.6 Å². The number of alkyl halides is 3. The molecular weight excluding hydrogens is 393 g/mol. The number of aromatic nitrogens is 1. The van der Waals surface area contributed by atoms with Crippen LogP contribution in [0.5, 0.6) is 0 Å². The first-order chi connectivity index (χ1) is 14.3. The number of benzene rings is 2. The number of hydrogen-bond donors (Lipinski definition) is 1. The number of halogens is 3. The van der Waals surface area contributed by atoms with Gasteiger partial charge in [-0.15, -0.1) is 0 Å². The summed E-state index contributed by atoms with van der Waals surface area (Å²) in [6.07, 6.45) is -4.40. The molecule has 1 amide bonds. The maximum Gasteiger partial charge on any atom is 0.433 e. The van der Waals surface area contributed by atoms with Crippen LogP contribution in [-0.4, -0.2) is 22.5 Å². The van der Waals surface area contributed by atoms with Crippen molar-refractivity contribution in [2.45, 2.75) is 25.6 Å². The van der Waals surface area contributed by atoms with E-state index in [-0.39, 0.29) is 13.0 Å². The minimum atomic E-state index is -4.50. The summed E-state index contributed by atoms with van der Waals surface area (Å²) in [7, 11) is 0. The lowest BCUT2D eigenvalue weighted by Gasteiger charge is -2.26. The Bertz CT molecular complexity index is 972. The number of carbonyl (C=O) groups is 1. The molecule has 30 heavy (non-hydrogen) atoms. The Kier molecular flexibility index (Phi) is 6.52. The highest BCUT2D eigenvalue weighted by Gasteiger charge is 2.32. The molecule has 0 bridgehead atoms. The van der Waals surface area contributed by atoms with E-state index in [0.29, 0.717) is 16.8 Å². The fraction of sp³-hybridized carbons (Fsp3) is 0.217. The highest BCUT2D eigenvalue weighted by molar-refractivity contribution is 5.97. The first-order valence-corrected chi connectivity index (χ1v) is 9.39. The first kappa shape index (κ1) is 21.5. The van der Waals surface area contributed by atoms with Crippen molar-refractivity contribution in [3.05, 3.63) is 95.3 Å². The van der Waals surface area contributed by atoms with Crippen LogP contribution in [0.1, 0.15) is 28.5 Å². The van der Waals surface area contributed by atoms with E-state index in [1.54, 1.807) is 42.5 Å². The number of nitrogens with zero attached hydrogens (tertiary/aromatic N) is 2. The quantitative estimate of drug-likeness (QED) is 0.635. The van der Waals surface area contributed by atoms with Gasteiger partial charge in [-0.25, -0.2) is 0 Å². The van der Waals surface area contributed by atoms with Crippen molar-refractivity contribution in [3.8, 4) is 0 Å². The van der Waals surface area contributed by atoms with Crippen molar-refractivity contribution in [3.63, 3.8) is 0 Å². The summed E-state index contributed by atoms with van der Waals surface area (Å²) in [4.78, 5) is 17.9. The van der Waals surface area contributed by atoms with Crippen LogP contribution in [0, 0.1) is 6.92 Å². The topological polar surface area (TPSA) is 53.4 Å². The molecule has 1 N–H and O–H groups in total. The molecule has 7 heteroatoms. The van der Waals surface area contributed by atoms with E-state index >= 15 is 0 Å². The smallest absolute Gasteiger partial charge is 0.378 e. The second-order valence-corrected chi connectivity index (χ2v) is 6.94. The van der Waals surface area contributed by atoms with Crippen molar-refractivity contribution in [2.24, 2.45) is 0 Å². The molecule has 0 fully saturated rings. The molecule has 1 heterocycles. The maximum atomic E-state index is 13.0. The van der Waals surface area contributed by atoms with Gasteiger partial charge in [0.2, 0.25) is 0 Å². The number of aliphatic hydroxyl groups excluding tert-OH is 1. The number of aryl methyl sites for hydroxylation is 1. The van der Waals surface area contributed by atoms with Gasteiger partial charge < -0.3 is 10.0 Å². The summed E-state index contributed by atoms with van der Waals surface area (Å²) in [6, 6.07) is 18.1. The van der Waals surface area contributed by atoms with E-state index in [0.717, 1.165) is 17.8 Å². The van der Waals surface area contributed by atoms with Crippen molar-refractivity contribution in [2.75, 3.05) is 11.4 Å². The van der Waals surface area contributed by atoms with Gasteiger partial charge in [-0.3, -0.25) is 9.78 Å². The summed E-state index contributed by atoms with van der Waals surface area (Å²) in [5.74, 6) is -0.509. The molecule has 4 nitrogen and oxygen atoms in total. The van der Waals surface area contributed by atoms with Crippen LogP contribution in [0.15, 0.2) is 72.9 Å². The molecule has 0 radical (unpaired) electrons. The van der Waals surface area contributed by atoms with Gasteiger partial charge in [0.15, 0.2) is 6.10 Å². The van der Waals surface area contributed by atoms with Gasteiger partial charge in [-0.1, -0.05) is 54.1 Å². The number of aliphatic hydroxyl groups is 1. The molecule has 3 aromatic rings. The first-order valence-electron chi connectivity index (χ1n) is 9.39. The van der Waals surface area contributed by atoms with Crippen LogP contribution in [0.3, 0.4) is 0 Å². The predicted molar refractivity (Wildman–Crippen MR) is 108 cm³/mol. The third-order valence-corrected chi connectivity index (χ3v) is 4.70. The second-order valence-electron chi connectivity index (χ2n) is 6.94. The van der Waals surface area contributed by atoms with Crippen molar-refractivity contribution < 1.29 is 23.1 Å². The lowest BCUT2D eigenvalue weighted by molar-refractivity contribution is -0.141. The SMILES string of the molecule is Cc1ccc(N(CCc2ccc(C(F)(F)F)nc2)C(=O)[C@H](O)c2ccccc2)cc1. The van der Waals surface area contributed by atoms with Crippen molar-refractivity contribution in [1.82, 2.24) is 4.98 Å². The number of pyridine rings is 1. The summed E-state index contributed by atoms with van der Waals surface area (Å²) >= 11 is 0. The average molecular weight is 414 g/mol. The summed E-state index contributed by atoms with van der Waals surface area (Å²) in [5, 5.41) is 10.6. The minimum Gasteiger partial charge on any atom is -0.378 e. The van der Waals surface area contributed by atoms with Gasteiger partial charge in [0.1, 0.15) is 5.69 Å². The Balaban J connectivity index is 1.81. The fourth-order valence-electron chi connectivity index (χ4n) is 3.00. The Morgan fingerprint density at radius 3 is 2.27 bits per heavy atom. The highest BCUT2D eigenvalue weighted by Crippen LogP contribution is 2.27. The van der Waals surface area contributed by atoms with Gasteiger partial charge in [0.05, 0.1) is 0 Å². The van der Waals surface area contributed by atoms with Gasteiger partial charge >= 0.3 is 6.18 Å². The number of hydrogen-bond acceptors (Lipinski definition) is 3. The zero-order chi connectivity index (χ0) is 21.7. The van der Waals surface area contributed by atoms with Crippen LogP contribution in [-0.2, 0) is 17.4 Å². The number of anilines is 1. The molecular formula is C23H21F3N2O2. The molecule has 2 aromatic carbocycles. The molecule has 1 atom stereocenters. The van der Waals surface area contributed by atoms with Gasteiger partial charge in [0.25, 0.3) is 5.91 Å². The summed E-state index contributed by atoms with van der Waals surface area (Å²) in [6.45, 7) is 2.10. The third-order valence-electron chi connectivity index (χ3n) is 4.70. The lowest BCUT2D eigenvalue weighted by atomic mass is 10.1. The Morgan fingerprint density at radius 2 is 1.70 bits per heavy atom. The zero-order valence-corrected chi connectivity index (χ0v) is 16.3. The van der Waals surface area contributed by atoms with E-state index < -0.39 is 23.9 Å². The number of rotatable bonds is 6. The Labute approximate surface area is 172 Å². The lowest BCUT2D eigenvalue weighted by Crippen LogP contribution is -2.37. The maximum absolute atomic E-state index is 13.0. The van der Waals surface area contributed by atoms with Crippen LogP contribution < -0.4 is 4.90 Å². The Morgan fingerprint density at radius 1 is 1.03 bits per heavy atom. The normalized spacial score (nSPS) is 12.4. The molecule has 0 saturated carbocycles. The second kappa shape index (κ2) is 9.09. The van der Waals surface area contributed by atoms with E-state index in [2.05, 4.69) is 4.98 Å². The minimum absolute atomic E-state index is 0.179. The van der Waals surface area contributed by atoms with E-state index in [9.17, 15) is 23.1 Å². The van der Waals surface area contributed by atoms with Crippen LogP contribution in [0.25, 0.3) is 0 Å². The van der Waals surface area contributed by atoms with E-state index in [1.807, 2.05) is 19.1 Å². The van der Waals surface area contributed by atoms with Crippen LogP contribution in [0.2, 0.25) is 0 Å². The highest BCUT2D eigenvalue weighted by atomic mass is 19.4. The van der Waals surface area contributed by atoms with Gasteiger partial charge in [-0.2, -0.15) is 13.2 Å². The van der Waals surface area contributed by atoms with Crippen LogP contribution in [0.4, 0.5) is 18.9 Å². The fourth-order valence-corrected chi connectivity index (χ4v) is 3.00. The monoisotopic (exact) mass is 414 g/mol. The van der Waals surface area contributed by atoms with Crippen molar-refractivity contribution in [1.29, 1.82) is 0 Å². The van der Waals surface area contributed by atoms with Crippen LogP contribution >= 0.6 is 0 Å². The predicted octanol–water partition coefficient (Wildman–Crippen LogP) is 4.72. The van der Waals surface area contributed by atoms with Gasteiger partial charge in [0, 0.05) is 18.4 Å². The molecule has 156 valence electrons. The molecule has 1 aromatic heterocycles. The molecule has 0 spiro atoms. The molecule has 3 rings (SSSR count).